The van der Waals surface area contributed by atoms with Crippen molar-refractivity contribution in [3.05, 3.63) is 12.2 Å². The summed E-state index contributed by atoms with van der Waals surface area (Å²) in [5.41, 5.74) is 0. The van der Waals surface area contributed by atoms with Gasteiger partial charge >= 0.3 is 6.03 Å². The van der Waals surface area contributed by atoms with Crippen LogP contribution in [0.25, 0.3) is 0 Å². The molecule has 1 saturated heterocycles. The summed E-state index contributed by atoms with van der Waals surface area (Å²) in [7, 11) is 3.87. The Morgan fingerprint density at radius 3 is 2.73 bits per heavy atom. The lowest BCUT2D eigenvalue weighted by molar-refractivity contribution is 0.0655. The first-order valence-corrected chi connectivity index (χ1v) is 8.30. The van der Waals surface area contributed by atoms with Gasteiger partial charge in [-0.3, -0.25) is 4.90 Å². The lowest BCUT2D eigenvalue weighted by Crippen LogP contribution is -2.50. The Kier molecular flexibility index (Phi) is 6.67. The number of nitrogens with one attached hydrogen (secondary N) is 1. The summed E-state index contributed by atoms with van der Waals surface area (Å²) < 4.78 is 0. The van der Waals surface area contributed by atoms with Crippen LogP contribution in [0.4, 0.5) is 4.79 Å². The van der Waals surface area contributed by atoms with E-state index in [1.54, 1.807) is 11.9 Å². The molecule has 2 amide bonds. The van der Waals surface area contributed by atoms with Gasteiger partial charge in [-0.05, 0) is 26.3 Å². The molecule has 1 aliphatic carbocycles. The predicted octanol–water partition coefficient (Wildman–Crippen LogP) is 0.345. The number of amides is 2. The summed E-state index contributed by atoms with van der Waals surface area (Å²) in [6.07, 6.45) is 6.72. The molecule has 22 heavy (non-hydrogen) atoms. The largest absolute Gasteiger partial charge is 0.390 e. The van der Waals surface area contributed by atoms with Crippen LogP contribution in [0.1, 0.15) is 19.3 Å². The molecule has 6 nitrogen and oxygen atoms in total. The van der Waals surface area contributed by atoms with Crippen molar-refractivity contribution >= 4 is 6.03 Å². The van der Waals surface area contributed by atoms with Crippen LogP contribution >= 0.6 is 0 Å². The topological polar surface area (TPSA) is 59.1 Å². The number of hydrogen-bond acceptors (Lipinski definition) is 4. The van der Waals surface area contributed by atoms with E-state index in [1.807, 2.05) is 0 Å². The molecule has 0 aromatic heterocycles. The Hall–Kier alpha value is -1.11. The van der Waals surface area contributed by atoms with Gasteiger partial charge in [0, 0.05) is 52.4 Å². The van der Waals surface area contributed by atoms with Crippen molar-refractivity contribution in [2.75, 3.05) is 53.4 Å². The molecule has 0 radical (unpaired) electrons. The maximum absolute atomic E-state index is 12.1. The highest BCUT2D eigenvalue weighted by atomic mass is 16.3. The van der Waals surface area contributed by atoms with Crippen molar-refractivity contribution in [1.82, 2.24) is 20.0 Å². The fourth-order valence-corrected chi connectivity index (χ4v) is 2.99. The first-order valence-electron chi connectivity index (χ1n) is 8.30. The Balaban J connectivity index is 1.67. The molecule has 0 saturated carbocycles. The number of likely N-dealkylation sites (N-methyl/N-ethyl adjacent to an activating group) is 2. The Bertz CT molecular complexity index is 380. The Labute approximate surface area is 133 Å². The van der Waals surface area contributed by atoms with Crippen LogP contribution in [-0.4, -0.2) is 91.3 Å². The van der Waals surface area contributed by atoms with Crippen molar-refractivity contribution in [3.63, 3.8) is 0 Å². The molecule has 2 N–H and O–H groups in total. The highest BCUT2D eigenvalue weighted by molar-refractivity contribution is 5.74. The lowest BCUT2D eigenvalue weighted by atomic mass is 10.0. The second-order valence-electron chi connectivity index (χ2n) is 6.57. The average molecular weight is 310 g/mol. The molecule has 1 aliphatic heterocycles. The summed E-state index contributed by atoms with van der Waals surface area (Å²) in [6.45, 7) is 5.06. The van der Waals surface area contributed by atoms with E-state index in [9.17, 15) is 9.90 Å². The summed E-state index contributed by atoms with van der Waals surface area (Å²) in [6, 6.07) is 0.146. The van der Waals surface area contributed by atoms with E-state index < -0.39 is 6.10 Å². The third-order valence-corrected chi connectivity index (χ3v) is 4.49. The lowest BCUT2D eigenvalue weighted by Gasteiger charge is -2.34. The van der Waals surface area contributed by atoms with Crippen LogP contribution in [0.3, 0.4) is 0 Å². The van der Waals surface area contributed by atoms with Gasteiger partial charge in [-0.25, -0.2) is 4.79 Å². The average Bonchev–Trinajstić information content (AvgIpc) is 2.50. The zero-order chi connectivity index (χ0) is 15.9. The predicted molar refractivity (Wildman–Crippen MR) is 87.9 cm³/mol. The van der Waals surface area contributed by atoms with E-state index in [1.165, 1.54) is 0 Å². The molecule has 0 aromatic carbocycles. The van der Waals surface area contributed by atoms with Gasteiger partial charge in [-0.2, -0.15) is 0 Å². The highest BCUT2D eigenvalue weighted by Gasteiger charge is 2.21. The van der Waals surface area contributed by atoms with Gasteiger partial charge in [0.1, 0.15) is 0 Å². The molecule has 0 spiro atoms. The van der Waals surface area contributed by atoms with Crippen LogP contribution in [0, 0.1) is 0 Å². The quantitative estimate of drug-likeness (QED) is 0.719. The molecule has 2 aliphatic rings. The maximum Gasteiger partial charge on any atom is 0.317 e. The van der Waals surface area contributed by atoms with Crippen molar-refractivity contribution in [1.29, 1.82) is 0 Å². The number of β-amino-alcohol motifs (C(OH)–C–C–N with tert-alkyl or cyclic N) is 1. The number of carbonyl (C=O) groups excluding carboxylic acids is 1. The van der Waals surface area contributed by atoms with Gasteiger partial charge in [-0.1, -0.05) is 12.2 Å². The second-order valence-corrected chi connectivity index (χ2v) is 6.57. The molecule has 6 heteroatoms. The number of rotatable bonds is 5. The van der Waals surface area contributed by atoms with Gasteiger partial charge in [0.15, 0.2) is 0 Å². The van der Waals surface area contributed by atoms with Gasteiger partial charge in [0.05, 0.1) is 6.10 Å². The summed E-state index contributed by atoms with van der Waals surface area (Å²) >= 11 is 0. The molecule has 2 atom stereocenters. The third kappa shape index (κ3) is 5.59. The Morgan fingerprint density at radius 2 is 2.09 bits per heavy atom. The second kappa shape index (κ2) is 8.50. The number of nitrogens with zero attached hydrogens (tertiary/aromatic N) is 3. The zero-order valence-electron chi connectivity index (χ0n) is 13.9. The van der Waals surface area contributed by atoms with Crippen molar-refractivity contribution in [3.8, 4) is 0 Å². The van der Waals surface area contributed by atoms with Crippen LogP contribution in [-0.2, 0) is 0 Å². The van der Waals surface area contributed by atoms with Gasteiger partial charge in [0.25, 0.3) is 0 Å². The molecule has 2 rings (SSSR count). The Morgan fingerprint density at radius 1 is 1.36 bits per heavy atom. The van der Waals surface area contributed by atoms with E-state index in [2.05, 4.69) is 34.3 Å². The standard InChI is InChI=1S/C16H30N4O2/c1-18-8-10-20(11-9-18)13-15(21)12-19(2)16(22)17-14-6-4-3-5-7-14/h3-4,14-15,21H,5-13H2,1-2H3,(H,17,22). The molecular formula is C16H30N4O2. The smallest absolute Gasteiger partial charge is 0.317 e. The fraction of sp³-hybridized carbons (Fsp3) is 0.812. The number of allylic oxidation sites excluding steroid dienone is 1. The molecule has 0 bridgehead atoms. The van der Waals surface area contributed by atoms with E-state index in [0.717, 1.165) is 45.4 Å². The van der Waals surface area contributed by atoms with Crippen molar-refractivity contribution in [2.45, 2.75) is 31.4 Å². The van der Waals surface area contributed by atoms with Gasteiger partial charge < -0.3 is 20.2 Å². The van der Waals surface area contributed by atoms with E-state index in [4.69, 9.17) is 0 Å². The van der Waals surface area contributed by atoms with Crippen molar-refractivity contribution in [2.24, 2.45) is 0 Å². The highest BCUT2D eigenvalue weighted by Crippen LogP contribution is 2.10. The summed E-state index contributed by atoms with van der Waals surface area (Å²) in [5.74, 6) is 0. The third-order valence-electron chi connectivity index (χ3n) is 4.49. The van der Waals surface area contributed by atoms with Crippen LogP contribution in [0.2, 0.25) is 0 Å². The molecule has 1 heterocycles. The van der Waals surface area contributed by atoms with E-state index in [0.29, 0.717) is 13.1 Å². The van der Waals surface area contributed by atoms with E-state index in [-0.39, 0.29) is 12.1 Å². The minimum atomic E-state index is -0.495. The number of hydrogen-bond donors (Lipinski definition) is 2. The fourth-order valence-electron chi connectivity index (χ4n) is 2.99. The number of aliphatic hydroxyl groups is 1. The maximum atomic E-state index is 12.1. The van der Waals surface area contributed by atoms with Crippen LogP contribution in [0.15, 0.2) is 12.2 Å². The molecule has 1 fully saturated rings. The molecule has 126 valence electrons. The number of piperazine rings is 1. The van der Waals surface area contributed by atoms with Crippen LogP contribution in [0.5, 0.6) is 0 Å². The minimum Gasteiger partial charge on any atom is -0.390 e. The molecular weight excluding hydrogens is 280 g/mol. The number of urea groups is 1. The monoisotopic (exact) mass is 310 g/mol. The van der Waals surface area contributed by atoms with E-state index >= 15 is 0 Å². The zero-order valence-corrected chi connectivity index (χ0v) is 13.9. The number of aliphatic hydroxyl groups excluding tert-OH is 1. The van der Waals surface area contributed by atoms with Gasteiger partial charge in [-0.15, -0.1) is 0 Å². The van der Waals surface area contributed by atoms with Gasteiger partial charge in [0.2, 0.25) is 0 Å². The minimum absolute atomic E-state index is 0.0854. The molecule has 2 unspecified atom stereocenters. The first-order chi connectivity index (χ1) is 10.5. The number of carbonyl (C=O) groups is 1. The molecule has 0 aromatic rings. The summed E-state index contributed by atoms with van der Waals surface area (Å²) in [4.78, 5) is 18.3. The normalized spacial score (nSPS) is 25.0. The first kappa shape index (κ1) is 17.2. The van der Waals surface area contributed by atoms with Crippen molar-refractivity contribution < 1.29 is 9.90 Å². The summed E-state index contributed by atoms with van der Waals surface area (Å²) in [5, 5.41) is 13.2. The SMILES string of the molecule is CN1CCN(CC(O)CN(C)C(=O)NC2CC=CCC2)CC1. The van der Waals surface area contributed by atoms with Crippen LogP contribution < -0.4 is 5.32 Å².